The minimum atomic E-state index is 0.273. The lowest BCUT2D eigenvalue weighted by Gasteiger charge is -2.33. The number of nitrogens with zero attached hydrogens (tertiary/aromatic N) is 2. The van der Waals surface area contributed by atoms with Crippen molar-refractivity contribution in [1.29, 1.82) is 0 Å². The topological polar surface area (TPSA) is 47.0 Å². The number of nitrogens with one attached hydrogen (secondary N) is 1. The largest absolute Gasteiger partial charge is 0.381 e. The Balaban J connectivity index is 1.98. The summed E-state index contributed by atoms with van der Waals surface area (Å²) in [6.07, 6.45) is 4.09. The van der Waals surface area contributed by atoms with Gasteiger partial charge < -0.3 is 10.1 Å². The van der Waals surface area contributed by atoms with E-state index in [2.05, 4.69) is 22.2 Å². The van der Waals surface area contributed by atoms with Crippen LogP contribution in [0.3, 0.4) is 0 Å². The van der Waals surface area contributed by atoms with Crippen molar-refractivity contribution in [2.24, 2.45) is 5.41 Å². The summed E-state index contributed by atoms with van der Waals surface area (Å²) in [7, 11) is 0. The smallest absolute Gasteiger partial charge is 0.190 e. The number of hydrogen-bond donors (Lipinski definition) is 1. The van der Waals surface area contributed by atoms with Crippen LogP contribution in [-0.4, -0.2) is 36.0 Å². The quantitative estimate of drug-likeness (QED) is 0.524. The van der Waals surface area contributed by atoms with Crippen molar-refractivity contribution in [2.75, 3.05) is 31.3 Å². The predicted octanol–water partition coefficient (Wildman–Crippen LogP) is 3.08. The van der Waals surface area contributed by atoms with Gasteiger partial charge in [-0.15, -0.1) is 0 Å². The fourth-order valence-electron chi connectivity index (χ4n) is 1.92. The molecule has 0 aliphatic carbocycles. The Labute approximate surface area is 117 Å². The Kier molecular flexibility index (Phi) is 4.70. The predicted molar refractivity (Wildman–Crippen MR) is 75.5 cm³/mol. The van der Waals surface area contributed by atoms with E-state index in [0.29, 0.717) is 10.3 Å². The molecule has 1 aliphatic heterocycles. The Morgan fingerprint density at radius 1 is 1.44 bits per heavy atom. The second kappa shape index (κ2) is 6.08. The lowest BCUT2D eigenvalue weighted by Crippen LogP contribution is -2.33. The summed E-state index contributed by atoms with van der Waals surface area (Å²) in [5.74, 6) is 0.798. The molecule has 1 N–H and O–H groups in total. The average Bonchev–Trinajstić information content (AvgIpc) is 2.37. The Hall–Kier alpha value is -0.520. The van der Waals surface area contributed by atoms with Gasteiger partial charge in [-0.25, -0.2) is 9.97 Å². The third kappa shape index (κ3) is 3.73. The molecule has 0 radical (unpaired) electrons. The molecule has 4 nitrogen and oxygen atoms in total. The zero-order valence-corrected chi connectivity index (χ0v) is 12.3. The molecule has 18 heavy (non-hydrogen) atoms. The van der Waals surface area contributed by atoms with Gasteiger partial charge in [-0.2, -0.15) is 0 Å². The van der Waals surface area contributed by atoms with Gasteiger partial charge in [-0.1, -0.05) is 30.3 Å². The fourth-order valence-corrected chi connectivity index (χ4v) is 2.54. The molecule has 2 heterocycles. The number of aromatic nitrogens is 2. The van der Waals surface area contributed by atoms with Gasteiger partial charge in [-0.05, 0) is 24.5 Å². The molecular formula is C12H18ClN3OS. The van der Waals surface area contributed by atoms with Crippen LogP contribution in [-0.2, 0) is 4.74 Å². The molecular weight excluding hydrogens is 270 g/mol. The van der Waals surface area contributed by atoms with Crippen LogP contribution in [0.2, 0.25) is 5.15 Å². The van der Waals surface area contributed by atoms with Crippen molar-refractivity contribution in [2.45, 2.75) is 24.9 Å². The van der Waals surface area contributed by atoms with Gasteiger partial charge in [-0.3, -0.25) is 0 Å². The van der Waals surface area contributed by atoms with E-state index in [-0.39, 0.29) is 5.41 Å². The van der Waals surface area contributed by atoms with Crippen LogP contribution in [0.25, 0.3) is 0 Å². The number of hydrogen-bond acceptors (Lipinski definition) is 5. The number of ether oxygens (including phenoxy) is 1. The van der Waals surface area contributed by atoms with Crippen molar-refractivity contribution in [3.05, 3.63) is 11.2 Å². The molecule has 100 valence electrons. The van der Waals surface area contributed by atoms with Gasteiger partial charge in [0, 0.05) is 25.8 Å². The highest BCUT2D eigenvalue weighted by Gasteiger charge is 2.27. The average molecular weight is 288 g/mol. The van der Waals surface area contributed by atoms with E-state index < -0.39 is 0 Å². The summed E-state index contributed by atoms with van der Waals surface area (Å²) in [6.45, 7) is 4.86. The molecule has 0 spiro atoms. The number of rotatable bonds is 4. The van der Waals surface area contributed by atoms with E-state index in [1.54, 1.807) is 6.07 Å². The summed E-state index contributed by atoms with van der Waals surface area (Å²) in [5.41, 5.74) is 0.273. The number of thioether (sulfide) groups is 1. The van der Waals surface area contributed by atoms with Crippen molar-refractivity contribution in [3.63, 3.8) is 0 Å². The molecule has 0 atom stereocenters. The molecule has 0 amide bonds. The highest BCUT2D eigenvalue weighted by molar-refractivity contribution is 7.98. The maximum atomic E-state index is 5.96. The minimum Gasteiger partial charge on any atom is -0.381 e. The van der Waals surface area contributed by atoms with Gasteiger partial charge in [0.2, 0.25) is 0 Å². The van der Waals surface area contributed by atoms with E-state index in [1.807, 2.05) is 6.26 Å². The first-order chi connectivity index (χ1) is 8.61. The van der Waals surface area contributed by atoms with Crippen LogP contribution in [0.15, 0.2) is 11.2 Å². The van der Waals surface area contributed by atoms with Crippen LogP contribution in [0, 0.1) is 5.41 Å². The molecule has 1 fully saturated rings. The summed E-state index contributed by atoms with van der Waals surface area (Å²) in [4.78, 5) is 8.51. The molecule has 1 aliphatic rings. The highest BCUT2D eigenvalue weighted by Crippen LogP contribution is 2.30. The first kappa shape index (κ1) is 13.9. The first-order valence-electron chi connectivity index (χ1n) is 6.01. The lowest BCUT2D eigenvalue weighted by atomic mass is 9.82. The number of anilines is 1. The fraction of sp³-hybridized carbons (Fsp3) is 0.667. The molecule has 0 unspecified atom stereocenters. The summed E-state index contributed by atoms with van der Waals surface area (Å²) in [5, 5.41) is 4.54. The normalized spacial score (nSPS) is 18.6. The van der Waals surface area contributed by atoms with E-state index >= 15 is 0 Å². The van der Waals surface area contributed by atoms with Gasteiger partial charge in [0.05, 0.1) is 0 Å². The molecule has 0 saturated carbocycles. The maximum absolute atomic E-state index is 5.96. The zero-order valence-electron chi connectivity index (χ0n) is 10.7. The minimum absolute atomic E-state index is 0.273. The summed E-state index contributed by atoms with van der Waals surface area (Å²) in [6, 6.07) is 1.77. The molecule has 1 aromatic heterocycles. The summed E-state index contributed by atoms with van der Waals surface area (Å²) >= 11 is 7.45. The monoisotopic (exact) mass is 287 g/mol. The van der Waals surface area contributed by atoms with Gasteiger partial charge in [0.1, 0.15) is 11.0 Å². The van der Waals surface area contributed by atoms with Crippen LogP contribution in [0.1, 0.15) is 19.8 Å². The first-order valence-corrected chi connectivity index (χ1v) is 7.62. The molecule has 0 bridgehead atoms. The Bertz CT molecular complexity index is 410. The molecule has 1 aromatic rings. The molecule has 2 rings (SSSR count). The van der Waals surface area contributed by atoms with Crippen LogP contribution in [0.5, 0.6) is 0 Å². The van der Waals surface area contributed by atoms with E-state index in [1.165, 1.54) is 11.8 Å². The van der Waals surface area contributed by atoms with Crippen molar-refractivity contribution in [3.8, 4) is 0 Å². The molecule has 1 saturated heterocycles. The molecule has 6 heteroatoms. The van der Waals surface area contributed by atoms with E-state index in [9.17, 15) is 0 Å². The van der Waals surface area contributed by atoms with Crippen LogP contribution >= 0.6 is 23.4 Å². The third-order valence-electron chi connectivity index (χ3n) is 3.25. The third-order valence-corrected chi connectivity index (χ3v) is 3.99. The van der Waals surface area contributed by atoms with Crippen LogP contribution in [0.4, 0.5) is 5.82 Å². The van der Waals surface area contributed by atoms with Crippen molar-refractivity contribution in [1.82, 2.24) is 9.97 Å². The second-order valence-electron chi connectivity index (χ2n) is 4.84. The van der Waals surface area contributed by atoms with Crippen molar-refractivity contribution < 1.29 is 4.74 Å². The van der Waals surface area contributed by atoms with Gasteiger partial charge >= 0.3 is 0 Å². The standard InChI is InChI=1S/C12H18ClN3OS/c1-12(3-5-17-6-4-12)8-14-10-7-9(13)15-11(16-10)18-2/h7H,3-6,8H2,1-2H3,(H,14,15,16). The van der Waals surface area contributed by atoms with Crippen LogP contribution < -0.4 is 5.32 Å². The maximum Gasteiger partial charge on any atom is 0.190 e. The zero-order chi connectivity index (χ0) is 13.0. The number of halogens is 1. The van der Waals surface area contributed by atoms with Gasteiger partial charge in [0.15, 0.2) is 5.16 Å². The second-order valence-corrected chi connectivity index (χ2v) is 6.00. The SMILES string of the molecule is CSc1nc(Cl)cc(NCC2(C)CCOCC2)n1. The van der Waals surface area contributed by atoms with Gasteiger partial charge in [0.25, 0.3) is 0 Å². The van der Waals surface area contributed by atoms with E-state index in [4.69, 9.17) is 16.3 Å². The van der Waals surface area contributed by atoms with E-state index in [0.717, 1.165) is 38.4 Å². The Morgan fingerprint density at radius 2 is 2.17 bits per heavy atom. The summed E-state index contributed by atoms with van der Waals surface area (Å²) < 4.78 is 5.39. The Morgan fingerprint density at radius 3 is 2.83 bits per heavy atom. The van der Waals surface area contributed by atoms with Crippen molar-refractivity contribution >= 4 is 29.2 Å². The highest BCUT2D eigenvalue weighted by atomic mass is 35.5. The lowest BCUT2D eigenvalue weighted by molar-refractivity contribution is 0.0299. The molecule has 0 aromatic carbocycles.